The molecule has 1 aliphatic carbocycles. The summed E-state index contributed by atoms with van der Waals surface area (Å²) in [5.74, 6) is -0.447. The van der Waals surface area contributed by atoms with Crippen molar-refractivity contribution in [2.24, 2.45) is 5.92 Å². The van der Waals surface area contributed by atoms with E-state index in [2.05, 4.69) is 21.2 Å². The molecule has 5 heteroatoms. The highest BCUT2D eigenvalue weighted by Crippen LogP contribution is 2.28. The van der Waals surface area contributed by atoms with Crippen molar-refractivity contribution in [1.82, 2.24) is 5.32 Å². The highest BCUT2D eigenvalue weighted by Gasteiger charge is 2.20. The van der Waals surface area contributed by atoms with Crippen LogP contribution in [-0.4, -0.2) is 17.3 Å². The second-order valence-electron chi connectivity index (χ2n) is 4.95. The quantitative estimate of drug-likeness (QED) is 0.816. The van der Waals surface area contributed by atoms with Gasteiger partial charge in [0.2, 0.25) is 0 Å². The van der Waals surface area contributed by atoms with E-state index in [1.54, 1.807) is 0 Å². The molecule has 1 aromatic carbocycles. The first kappa shape index (κ1) is 14.8. The summed E-state index contributed by atoms with van der Waals surface area (Å²) in [6.07, 6.45) is 4.46. The average Bonchev–Trinajstić information content (AvgIpc) is 2.37. The topological polar surface area (TPSA) is 29.1 Å². The molecule has 0 bridgehead atoms. The molecule has 1 amide bonds. The number of hydrogen-bond acceptors (Lipinski definition) is 1. The van der Waals surface area contributed by atoms with Crippen LogP contribution in [0.25, 0.3) is 0 Å². The number of halogens is 3. The lowest BCUT2D eigenvalue weighted by molar-refractivity contribution is 0.0940. The fourth-order valence-electron chi connectivity index (χ4n) is 2.33. The highest BCUT2D eigenvalue weighted by atomic mass is 79.9. The summed E-state index contributed by atoms with van der Waals surface area (Å²) in [7, 11) is 0. The third kappa shape index (κ3) is 4.18. The molecule has 0 aliphatic heterocycles. The summed E-state index contributed by atoms with van der Waals surface area (Å²) in [6.45, 7) is 0.612. The molecule has 19 heavy (non-hydrogen) atoms. The Labute approximate surface area is 125 Å². The molecule has 0 radical (unpaired) electrons. The summed E-state index contributed by atoms with van der Waals surface area (Å²) in [6, 6.07) is 4.10. The van der Waals surface area contributed by atoms with E-state index < -0.39 is 5.82 Å². The number of alkyl halides is 1. The van der Waals surface area contributed by atoms with E-state index in [0.29, 0.717) is 22.3 Å². The van der Waals surface area contributed by atoms with E-state index in [1.807, 2.05) is 0 Å². The van der Waals surface area contributed by atoms with Crippen molar-refractivity contribution in [2.75, 3.05) is 6.54 Å². The zero-order valence-corrected chi connectivity index (χ0v) is 12.8. The molecule has 1 N–H and O–H groups in total. The van der Waals surface area contributed by atoms with Gasteiger partial charge in [0.15, 0.2) is 0 Å². The van der Waals surface area contributed by atoms with Crippen LogP contribution in [0.5, 0.6) is 0 Å². The minimum Gasteiger partial charge on any atom is -0.352 e. The van der Waals surface area contributed by atoms with Crippen LogP contribution in [0.4, 0.5) is 4.39 Å². The molecule has 0 atom stereocenters. The van der Waals surface area contributed by atoms with Crippen molar-refractivity contribution in [1.29, 1.82) is 0 Å². The van der Waals surface area contributed by atoms with Gasteiger partial charge in [0.1, 0.15) is 5.82 Å². The van der Waals surface area contributed by atoms with Crippen molar-refractivity contribution in [2.45, 2.75) is 30.5 Å². The molecule has 2 rings (SSSR count). The Morgan fingerprint density at radius 2 is 2.05 bits per heavy atom. The number of carbonyl (C=O) groups excluding carboxylic acids is 1. The number of hydrogen-bond donors (Lipinski definition) is 1. The Hall–Kier alpha value is -0.610. The average molecular weight is 349 g/mol. The monoisotopic (exact) mass is 347 g/mol. The first-order valence-electron chi connectivity index (χ1n) is 6.43. The van der Waals surface area contributed by atoms with Gasteiger partial charge in [0.05, 0.1) is 5.56 Å². The Kier molecular flexibility index (Phi) is 5.22. The van der Waals surface area contributed by atoms with Crippen LogP contribution in [0.1, 0.15) is 36.0 Å². The maximum atomic E-state index is 13.6. The standard InChI is InChI=1S/C14H16BrClFNO/c15-10-3-1-9(2-4-10)8-18-14(19)12-6-5-11(16)7-13(12)17/h5-7,9-10H,1-4,8H2,(H,18,19). The Bertz CT molecular complexity index is 461. The lowest BCUT2D eigenvalue weighted by atomic mass is 9.89. The van der Waals surface area contributed by atoms with Crippen LogP contribution in [0, 0.1) is 11.7 Å². The maximum absolute atomic E-state index is 13.6. The fourth-order valence-corrected chi connectivity index (χ4v) is 3.02. The van der Waals surface area contributed by atoms with E-state index in [4.69, 9.17) is 11.6 Å². The largest absolute Gasteiger partial charge is 0.352 e. The summed E-state index contributed by atoms with van der Waals surface area (Å²) >= 11 is 9.26. The number of benzene rings is 1. The van der Waals surface area contributed by atoms with Crippen LogP contribution in [-0.2, 0) is 0 Å². The zero-order valence-electron chi connectivity index (χ0n) is 10.5. The van der Waals surface area contributed by atoms with E-state index in [9.17, 15) is 9.18 Å². The Morgan fingerprint density at radius 1 is 1.37 bits per heavy atom. The van der Waals surface area contributed by atoms with Crippen LogP contribution in [0.2, 0.25) is 5.02 Å². The number of rotatable bonds is 3. The lowest BCUT2D eigenvalue weighted by Crippen LogP contribution is -2.31. The number of nitrogens with one attached hydrogen (secondary N) is 1. The van der Waals surface area contributed by atoms with E-state index in [1.165, 1.54) is 12.1 Å². The predicted molar refractivity (Wildman–Crippen MR) is 78.4 cm³/mol. The molecule has 0 aromatic heterocycles. The Morgan fingerprint density at radius 3 is 2.68 bits per heavy atom. The smallest absolute Gasteiger partial charge is 0.254 e. The second kappa shape index (κ2) is 6.71. The molecule has 104 valence electrons. The third-order valence-corrected chi connectivity index (χ3v) is 4.65. The van der Waals surface area contributed by atoms with Crippen LogP contribution >= 0.6 is 27.5 Å². The highest BCUT2D eigenvalue weighted by molar-refractivity contribution is 9.09. The minimum atomic E-state index is -0.575. The van der Waals surface area contributed by atoms with Gasteiger partial charge in [-0.3, -0.25) is 4.79 Å². The molecule has 1 aromatic rings. The van der Waals surface area contributed by atoms with Gasteiger partial charge in [0, 0.05) is 16.4 Å². The molecule has 0 heterocycles. The third-order valence-electron chi connectivity index (χ3n) is 3.50. The van der Waals surface area contributed by atoms with Gasteiger partial charge in [-0.1, -0.05) is 27.5 Å². The van der Waals surface area contributed by atoms with Crippen molar-refractivity contribution in [3.05, 3.63) is 34.6 Å². The zero-order chi connectivity index (χ0) is 13.8. The van der Waals surface area contributed by atoms with Crippen molar-refractivity contribution < 1.29 is 9.18 Å². The molecular weight excluding hydrogens is 333 g/mol. The number of carbonyl (C=O) groups is 1. The maximum Gasteiger partial charge on any atom is 0.254 e. The summed E-state index contributed by atoms with van der Waals surface area (Å²) in [5, 5.41) is 3.10. The SMILES string of the molecule is O=C(NCC1CCC(Br)CC1)c1ccc(Cl)cc1F. The van der Waals surface area contributed by atoms with Gasteiger partial charge in [-0.05, 0) is 49.8 Å². The molecular formula is C14H16BrClFNO. The molecule has 2 nitrogen and oxygen atoms in total. The fraction of sp³-hybridized carbons (Fsp3) is 0.500. The Balaban J connectivity index is 1.87. The molecule has 1 aliphatic rings. The predicted octanol–water partition coefficient (Wildman–Crippen LogP) is 4.16. The van der Waals surface area contributed by atoms with Gasteiger partial charge in [-0.25, -0.2) is 4.39 Å². The van der Waals surface area contributed by atoms with Crippen LogP contribution in [0.15, 0.2) is 18.2 Å². The van der Waals surface area contributed by atoms with Gasteiger partial charge in [-0.15, -0.1) is 0 Å². The molecule has 1 saturated carbocycles. The lowest BCUT2D eigenvalue weighted by Gasteiger charge is -2.25. The van der Waals surface area contributed by atoms with E-state index in [-0.39, 0.29) is 11.5 Å². The van der Waals surface area contributed by atoms with Crippen molar-refractivity contribution in [3.8, 4) is 0 Å². The van der Waals surface area contributed by atoms with Crippen molar-refractivity contribution in [3.63, 3.8) is 0 Å². The molecule has 0 spiro atoms. The van der Waals surface area contributed by atoms with Crippen LogP contribution < -0.4 is 5.32 Å². The van der Waals surface area contributed by atoms with Crippen molar-refractivity contribution >= 4 is 33.4 Å². The number of amides is 1. The normalized spacial score (nSPS) is 23.1. The molecule has 0 saturated heterocycles. The van der Waals surface area contributed by atoms with Gasteiger partial charge >= 0.3 is 0 Å². The first-order chi connectivity index (χ1) is 9.06. The van der Waals surface area contributed by atoms with Gasteiger partial charge < -0.3 is 5.32 Å². The van der Waals surface area contributed by atoms with Gasteiger partial charge in [0.25, 0.3) is 5.91 Å². The summed E-state index contributed by atoms with van der Waals surface area (Å²) < 4.78 is 13.6. The molecule has 1 fully saturated rings. The summed E-state index contributed by atoms with van der Waals surface area (Å²) in [5.41, 5.74) is 0.0542. The first-order valence-corrected chi connectivity index (χ1v) is 7.73. The van der Waals surface area contributed by atoms with E-state index in [0.717, 1.165) is 31.7 Å². The van der Waals surface area contributed by atoms with E-state index >= 15 is 0 Å². The minimum absolute atomic E-state index is 0.0542. The van der Waals surface area contributed by atoms with Crippen LogP contribution in [0.3, 0.4) is 0 Å². The second-order valence-corrected chi connectivity index (χ2v) is 6.68. The summed E-state index contributed by atoms with van der Waals surface area (Å²) in [4.78, 5) is 12.5. The molecule has 0 unspecified atom stereocenters. The van der Waals surface area contributed by atoms with Gasteiger partial charge in [-0.2, -0.15) is 0 Å².